The molecule has 0 bridgehead atoms. The number of esters is 2. The number of fused-ring (bicyclic) bond motifs is 1. The SMILES string of the molecule is COC(=O)C1C(C)=NC(C)=C(C(=O)[C@@]2(O)CO[C@@H]3[C@@H](OC(C)=O)CO[C@@H]32)C1c1cccc(Cl)c1Cl. The van der Waals surface area contributed by atoms with Crippen molar-refractivity contribution in [2.75, 3.05) is 20.3 Å². The van der Waals surface area contributed by atoms with Gasteiger partial charge in [0.25, 0.3) is 0 Å². The van der Waals surface area contributed by atoms with Crippen LogP contribution in [0.4, 0.5) is 0 Å². The van der Waals surface area contributed by atoms with Crippen molar-refractivity contribution in [2.45, 2.75) is 50.6 Å². The maximum Gasteiger partial charge on any atom is 0.315 e. The number of benzene rings is 1. The molecule has 2 unspecified atom stereocenters. The van der Waals surface area contributed by atoms with Crippen LogP contribution in [0.25, 0.3) is 0 Å². The second kappa shape index (κ2) is 9.63. The molecule has 6 atom stereocenters. The number of ether oxygens (including phenoxy) is 4. The number of ketones is 1. The Bertz CT molecular complexity index is 1150. The molecule has 0 radical (unpaired) electrons. The van der Waals surface area contributed by atoms with E-state index >= 15 is 0 Å². The number of carbonyl (C=O) groups is 3. The van der Waals surface area contributed by atoms with Gasteiger partial charge in [-0.25, -0.2) is 0 Å². The third kappa shape index (κ3) is 4.29. The van der Waals surface area contributed by atoms with E-state index in [-0.39, 0.29) is 22.2 Å². The highest BCUT2D eigenvalue weighted by atomic mass is 35.5. The van der Waals surface area contributed by atoms with Crippen LogP contribution in [0.5, 0.6) is 0 Å². The molecule has 1 N–H and O–H groups in total. The van der Waals surface area contributed by atoms with Gasteiger partial charge in [0.2, 0.25) is 0 Å². The topological polar surface area (TPSA) is 121 Å². The van der Waals surface area contributed by atoms with Crippen molar-refractivity contribution in [1.29, 1.82) is 0 Å². The molecule has 2 fully saturated rings. The van der Waals surface area contributed by atoms with E-state index in [1.165, 1.54) is 14.0 Å². The zero-order valence-electron chi connectivity index (χ0n) is 19.5. The van der Waals surface area contributed by atoms with E-state index in [2.05, 4.69) is 4.99 Å². The molecule has 0 spiro atoms. The maximum atomic E-state index is 14.1. The summed E-state index contributed by atoms with van der Waals surface area (Å²) >= 11 is 12.8. The highest BCUT2D eigenvalue weighted by Crippen LogP contribution is 2.47. The first-order valence-corrected chi connectivity index (χ1v) is 11.7. The summed E-state index contributed by atoms with van der Waals surface area (Å²) in [4.78, 5) is 42.8. The zero-order chi connectivity index (χ0) is 25.7. The third-order valence-electron chi connectivity index (χ3n) is 6.63. The molecule has 3 heterocycles. The molecular weight excluding hydrogens is 501 g/mol. The summed E-state index contributed by atoms with van der Waals surface area (Å²) in [7, 11) is 1.24. The molecule has 188 valence electrons. The summed E-state index contributed by atoms with van der Waals surface area (Å²) in [6, 6.07) is 4.91. The number of Topliss-reactive ketones (excluding diaryl/α,β-unsaturated/α-hetero) is 1. The Hall–Kier alpha value is -2.30. The number of aliphatic imine (C=N–C) groups is 1. The lowest BCUT2D eigenvalue weighted by molar-refractivity contribution is -0.153. The first-order valence-electron chi connectivity index (χ1n) is 11.0. The molecule has 4 rings (SSSR count). The number of methoxy groups -OCH3 is 1. The van der Waals surface area contributed by atoms with E-state index in [0.717, 1.165) is 0 Å². The van der Waals surface area contributed by atoms with E-state index < -0.39 is 60.1 Å². The lowest BCUT2D eigenvalue weighted by atomic mass is 9.71. The fourth-order valence-electron chi connectivity index (χ4n) is 5.10. The Labute approximate surface area is 212 Å². The number of nitrogens with zero attached hydrogens (tertiary/aromatic N) is 1. The van der Waals surface area contributed by atoms with Gasteiger partial charge in [-0.15, -0.1) is 0 Å². The van der Waals surface area contributed by atoms with E-state index in [0.29, 0.717) is 17.0 Å². The van der Waals surface area contributed by atoms with Crippen molar-refractivity contribution >= 4 is 46.6 Å². The molecule has 9 nitrogen and oxygen atoms in total. The van der Waals surface area contributed by atoms with E-state index in [1.807, 2.05) is 0 Å². The third-order valence-corrected chi connectivity index (χ3v) is 7.46. The smallest absolute Gasteiger partial charge is 0.315 e. The molecule has 1 aromatic carbocycles. The Morgan fingerprint density at radius 2 is 1.91 bits per heavy atom. The summed E-state index contributed by atoms with van der Waals surface area (Å²) < 4.78 is 21.6. The lowest BCUT2D eigenvalue weighted by Gasteiger charge is -2.35. The molecule has 3 aliphatic rings. The number of hydrogen-bond donors (Lipinski definition) is 1. The molecule has 0 saturated carbocycles. The van der Waals surface area contributed by atoms with Crippen LogP contribution in [0.3, 0.4) is 0 Å². The van der Waals surface area contributed by atoms with Gasteiger partial charge in [0, 0.05) is 29.8 Å². The second-order valence-corrected chi connectivity index (χ2v) is 9.59. The predicted octanol–water partition coefficient (Wildman–Crippen LogP) is 2.64. The fraction of sp³-hybridized carbons (Fsp3) is 0.500. The van der Waals surface area contributed by atoms with Gasteiger partial charge in [0.15, 0.2) is 17.5 Å². The minimum atomic E-state index is -2.11. The van der Waals surface area contributed by atoms with Crippen molar-refractivity contribution in [1.82, 2.24) is 0 Å². The Morgan fingerprint density at radius 1 is 1.20 bits per heavy atom. The Kier molecular flexibility index (Phi) is 7.09. The molecule has 0 aliphatic carbocycles. The Balaban J connectivity index is 1.81. The van der Waals surface area contributed by atoms with Crippen LogP contribution in [0.1, 0.15) is 32.3 Å². The van der Waals surface area contributed by atoms with Crippen molar-refractivity contribution in [2.24, 2.45) is 10.9 Å². The monoisotopic (exact) mass is 525 g/mol. The minimum absolute atomic E-state index is 0.0336. The van der Waals surface area contributed by atoms with Gasteiger partial charge in [-0.1, -0.05) is 35.3 Å². The molecule has 0 amide bonds. The lowest BCUT2D eigenvalue weighted by Crippen LogP contribution is -2.53. The number of aliphatic hydroxyl groups is 1. The fourth-order valence-corrected chi connectivity index (χ4v) is 5.52. The van der Waals surface area contributed by atoms with Crippen molar-refractivity contribution in [3.63, 3.8) is 0 Å². The summed E-state index contributed by atoms with van der Waals surface area (Å²) in [6.45, 7) is 4.10. The molecule has 2 saturated heterocycles. The number of carbonyl (C=O) groups excluding carboxylic acids is 3. The van der Waals surface area contributed by atoms with Gasteiger partial charge >= 0.3 is 11.9 Å². The molecule has 3 aliphatic heterocycles. The highest BCUT2D eigenvalue weighted by molar-refractivity contribution is 6.42. The second-order valence-electron chi connectivity index (χ2n) is 8.80. The van der Waals surface area contributed by atoms with E-state index in [1.54, 1.807) is 32.0 Å². The van der Waals surface area contributed by atoms with Gasteiger partial charge in [-0.2, -0.15) is 0 Å². The van der Waals surface area contributed by atoms with Gasteiger partial charge in [0.05, 0.1) is 30.4 Å². The zero-order valence-corrected chi connectivity index (χ0v) is 21.1. The van der Waals surface area contributed by atoms with Crippen LogP contribution in [0.15, 0.2) is 34.5 Å². The van der Waals surface area contributed by atoms with Crippen LogP contribution in [-0.2, 0) is 33.3 Å². The maximum absolute atomic E-state index is 14.1. The summed E-state index contributed by atoms with van der Waals surface area (Å²) in [5.74, 6) is -3.80. The molecule has 1 aromatic rings. The summed E-state index contributed by atoms with van der Waals surface area (Å²) in [5, 5.41) is 12.0. The first-order chi connectivity index (χ1) is 16.5. The average molecular weight is 526 g/mol. The minimum Gasteiger partial charge on any atom is -0.468 e. The molecule has 35 heavy (non-hydrogen) atoms. The molecular formula is C24H25Cl2NO8. The summed E-state index contributed by atoms with van der Waals surface area (Å²) in [6.07, 6.45) is -2.67. The normalized spacial score (nSPS) is 32.2. The largest absolute Gasteiger partial charge is 0.468 e. The van der Waals surface area contributed by atoms with Gasteiger partial charge in [-0.3, -0.25) is 19.4 Å². The Morgan fingerprint density at radius 3 is 2.57 bits per heavy atom. The van der Waals surface area contributed by atoms with Crippen LogP contribution in [-0.4, -0.2) is 72.8 Å². The summed E-state index contributed by atoms with van der Waals surface area (Å²) in [5.41, 5.74) is -0.898. The number of halogens is 2. The number of hydrogen-bond acceptors (Lipinski definition) is 9. The molecule has 0 aromatic heterocycles. The van der Waals surface area contributed by atoms with Crippen LogP contribution >= 0.6 is 23.2 Å². The van der Waals surface area contributed by atoms with Crippen molar-refractivity contribution in [3.05, 3.63) is 45.1 Å². The van der Waals surface area contributed by atoms with Crippen molar-refractivity contribution < 1.29 is 38.4 Å². The highest BCUT2D eigenvalue weighted by Gasteiger charge is 2.62. The average Bonchev–Trinajstić information content (AvgIpc) is 3.35. The number of allylic oxidation sites excluding steroid dienone is 1. The predicted molar refractivity (Wildman–Crippen MR) is 126 cm³/mol. The van der Waals surface area contributed by atoms with Gasteiger partial charge in [-0.05, 0) is 25.5 Å². The molecule has 11 heteroatoms. The first kappa shape index (κ1) is 25.8. The van der Waals surface area contributed by atoms with Crippen LogP contribution in [0.2, 0.25) is 10.0 Å². The van der Waals surface area contributed by atoms with Crippen LogP contribution in [0, 0.1) is 5.92 Å². The number of rotatable bonds is 5. The van der Waals surface area contributed by atoms with Crippen molar-refractivity contribution in [3.8, 4) is 0 Å². The quantitative estimate of drug-likeness (QED) is 0.582. The van der Waals surface area contributed by atoms with Gasteiger partial charge in [0.1, 0.15) is 18.1 Å². The van der Waals surface area contributed by atoms with Crippen LogP contribution < -0.4 is 0 Å². The van der Waals surface area contributed by atoms with Gasteiger partial charge < -0.3 is 24.1 Å². The standard InChI is InChI=1S/C24H25Cl2NO8/c1-10-16(21(29)24(31)9-34-20-15(35-12(3)28)8-33-22(20)24)18(13-6-5-7-14(25)19(13)26)17(11(2)27-10)23(30)32-4/h5-7,15,17-18,20,22,31H,8-9H2,1-4H3/t15-,17?,18?,20+,22-,24-/m0/s1. The van der Waals surface area contributed by atoms with E-state index in [9.17, 15) is 19.5 Å². The van der Waals surface area contributed by atoms with E-state index in [4.69, 9.17) is 42.1 Å².